The van der Waals surface area contributed by atoms with Crippen molar-refractivity contribution >= 4 is 23.1 Å². The number of H-pyrrole nitrogens is 1. The molecule has 0 aliphatic heterocycles. The number of carbonyl (C=O) groups excluding carboxylic acids is 1. The van der Waals surface area contributed by atoms with Gasteiger partial charge < -0.3 is 15.5 Å². The van der Waals surface area contributed by atoms with Crippen LogP contribution in [0.5, 0.6) is 0 Å². The number of fused-ring (bicyclic) bond motifs is 1. The number of imidazole rings is 1. The molecule has 0 bridgehead atoms. The van der Waals surface area contributed by atoms with Crippen molar-refractivity contribution in [3.63, 3.8) is 0 Å². The molecule has 0 unspecified atom stereocenters. The molecule has 160 valence electrons. The molecule has 0 aliphatic rings. The quantitative estimate of drug-likeness (QED) is 0.381. The maximum atomic E-state index is 12.4. The zero-order chi connectivity index (χ0) is 21.6. The SMILES string of the molecule is CCN(CC)CCNC(=O)c1ccc(Nc2ncc(-c3cn[nH]n3)n3ccnc23)cc1. The van der Waals surface area contributed by atoms with E-state index in [2.05, 4.69) is 54.8 Å². The van der Waals surface area contributed by atoms with Crippen LogP contribution < -0.4 is 10.6 Å². The highest BCUT2D eigenvalue weighted by molar-refractivity contribution is 5.94. The van der Waals surface area contributed by atoms with Gasteiger partial charge in [-0.15, -0.1) is 0 Å². The molecule has 31 heavy (non-hydrogen) atoms. The van der Waals surface area contributed by atoms with Gasteiger partial charge in [-0.25, -0.2) is 9.97 Å². The summed E-state index contributed by atoms with van der Waals surface area (Å²) < 4.78 is 1.89. The lowest BCUT2D eigenvalue weighted by atomic mass is 10.2. The second-order valence-electron chi connectivity index (χ2n) is 6.95. The van der Waals surface area contributed by atoms with Crippen LogP contribution in [0.25, 0.3) is 17.0 Å². The number of amides is 1. The molecule has 0 saturated carbocycles. The van der Waals surface area contributed by atoms with Crippen LogP contribution in [-0.2, 0) is 0 Å². The van der Waals surface area contributed by atoms with Crippen LogP contribution in [-0.4, -0.2) is 66.8 Å². The molecule has 10 nitrogen and oxygen atoms in total. The van der Waals surface area contributed by atoms with E-state index in [1.54, 1.807) is 30.7 Å². The maximum Gasteiger partial charge on any atom is 0.251 e. The molecule has 1 aromatic carbocycles. The van der Waals surface area contributed by atoms with Crippen molar-refractivity contribution in [3.8, 4) is 11.4 Å². The van der Waals surface area contributed by atoms with Crippen LogP contribution in [0.1, 0.15) is 24.2 Å². The van der Waals surface area contributed by atoms with Crippen LogP contribution in [0.2, 0.25) is 0 Å². The van der Waals surface area contributed by atoms with E-state index < -0.39 is 0 Å². The molecule has 0 radical (unpaired) electrons. The summed E-state index contributed by atoms with van der Waals surface area (Å²) in [5, 5.41) is 16.8. The van der Waals surface area contributed by atoms with Crippen LogP contribution in [0.4, 0.5) is 11.5 Å². The molecule has 0 spiro atoms. The number of benzene rings is 1. The van der Waals surface area contributed by atoms with Gasteiger partial charge in [-0.2, -0.15) is 15.4 Å². The number of nitrogens with one attached hydrogen (secondary N) is 3. The lowest BCUT2D eigenvalue weighted by Gasteiger charge is -2.18. The standard InChI is InChI=1S/C21H25N9O/c1-3-29(4-2)11-9-23-21(31)15-5-7-16(8-6-15)26-19-20-22-10-12-30(20)18(14-24-19)17-13-25-28-27-17/h5-8,10,12-14H,3-4,9,11H2,1-2H3,(H,23,31)(H,24,26)(H,25,27,28). The van der Waals surface area contributed by atoms with Gasteiger partial charge in [0.05, 0.1) is 18.1 Å². The lowest BCUT2D eigenvalue weighted by molar-refractivity contribution is 0.0949. The van der Waals surface area contributed by atoms with E-state index in [9.17, 15) is 4.79 Å². The zero-order valence-electron chi connectivity index (χ0n) is 17.5. The van der Waals surface area contributed by atoms with E-state index in [1.807, 2.05) is 22.7 Å². The van der Waals surface area contributed by atoms with Gasteiger partial charge in [0.25, 0.3) is 5.91 Å². The number of hydrogen-bond acceptors (Lipinski definition) is 7. The Labute approximate surface area is 179 Å². The molecule has 3 heterocycles. The highest BCUT2D eigenvalue weighted by atomic mass is 16.1. The Balaban J connectivity index is 1.44. The van der Waals surface area contributed by atoms with Crippen molar-refractivity contribution in [2.24, 2.45) is 0 Å². The smallest absolute Gasteiger partial charge is 0.251 e. The first-order valence-electron chi connectivity index (χ1n) is 10.3. The molecule has 3 N–H and O–H groups in total. The third-order valence-corrected chi connectivity index (χ3v) is 5.12. The lowest BCUT2D eigenvalue weighted by Crippen LogP contribution is -2.34. The molecule has 3 aromatic heterocycles. The molecule has 0 fully saturated rings. The molecular weight excluding hydrogens is 394 g/mol. The van der Waals surface area contributed by atoms with E-state index in [0.29, 0.717) is 29.3 Å². The van der Waals surface area contributed by atoms with Crippen molar-refractivity contribution in [1.29, 1.82) is 0 Å². The second-order valence-corrected chi connectivity index (χ2v) is 6.95. The highest BCUT2D eigenvalue weighted by Crippen LogP contribution is 2.23. The van der Waals surface area contributed by atoms with Crippen LogP contribution in [0.3, 0.4) is 0 Å². The Hall–Kier alpha value is -3.79. The number of rotatable bonds is 9. The van der Waals surface area contributed by atoms with Gasteiger partial charge in [0.15, 0.2) is 11.5 Å². The highest BCUT2D eigenvalue weighted by Gasteiger charge is 2.12. The molecule has 10 heteroatoms. The maximum absolute atomic E-state index is 12.4. The van der Waals surface area contributed by atoms with E-state index in [1.165, 1.54) is 0 Å². The number of aromatic amines is 1. The van der Waals surface area contributed by atoms with Crippen molar-refractivity contribution in [2.75, 3.05) is 31.5 Å². The van der Waals surface area contributed by atoms with Gasteiger partial charge in [0.2, 0.25) is 0 Å². The topological polar surface area (TPSA) is 116 Å². The fourth-order valence-corrected chi connectivity index (χ4v) is 3.33. The zero-order valence-corrected chi connectivity index (χ0v) is 17.5. The summed E-state index contributed by atoms with van der Waals surface area (Å²) in [6.07, 6.45) is 6.90. The Bertz CT molecular complexity index is 1130. The summed E-state index contributed by atoms with van der Waals surface area (Å²) in [4.78, 5) is 23.5. The normalized spacial score (nSPS) is 11.2. The van der Waals surface area contributed by atoms with Gasteiger partial charge in [0.1, 0.15) is 5.69 Å². The summed E-state index contributed by atoms with van der Waals surface area (Å²) >= 11 is 0. The summed E-state index contributed by atoms with van der Waals surface area (Å²) in [5.74, 6) is 0.526. The predicted molar refractivity (Wildman–Crippen MR) is 118 cm³/mol. The molecule has 0 saturated heterocycles. The fourth-order valence-electron chi connectivity index (χ4n) is 3.33. The Kier molecular flexibility index (Phi) is 6.18. The molecule has 0 aliphatic carbocycles. The number of carbonyl (C=O) groups is 1. The van der Waals surface area contributed by atoms with Crippen molar-refractivity contribution in [2.45, 2.75) is 13.8 Å². The van der Waals surface area contributed by atoms with Gasteiger partial charge in [-0.3, -0.25) is 9.20 Å². The molecule has 4 rings (SSSR count). The van der Waals surface area contributed by atoms with Gasteiger partial charge in [-0.05, 0) is 37.4 Å². The third kappa shape index (κ3) is 4.53. The first-order chi connectivity index (χ1) is 15.2. The summed E-state index contributed by atoms with van der Waals surface area (Å²) in [6, 6.07) is 7.29. The van der Waals surface area contributed by atoms with E-state index >= 15 is 0 Å². The predicted octanol–water partition coefficient (Wildman–Crippen LogP) is 2.33. The summed E-state index contributed by atoms with van der Waals surface area (Å²) in [7, 11) is 0. The van der Waals surface area contributed by atoms with Gasteiger partial charge in [0, 0.05) is 36.7 Å². The Morgan fingerprint density at radius 1 is 1.13 bits per heavy atom. The number of aromatic nitrogens is 6. The summed E-state index contributed by atoms with van der Waals surface area (Å²) in [6.45, 7) is 7.65. The monoisotopic (exact) mass is 419 g/mol. The first kappa shape index (κ1) is 20.5. The van der Waals surface area contributed by atoms with Gasteiger partial charge >= 0.3 is 0 Å². The molecule has 1 amide bonds. The van der Waals surface area contributed by atoms with E-state index in [0.717, 1.165) is 31.0 Å². The first-order valence-corrected chi connectivity index (χ1v) is 10.3. The summed E-state index contributed by atoms with van der Waals surface area (Å²) in [5.41, 5.74) is 3.55. The molecule has 4 aromatic rings. The van der Waals surface area contributed by atoms with Crippen molar-refractivity contribution < 1.29 is 4.79 Å². The second kappa shape index (κ2) is 9.35. The van der Waals surface area contributed by atoms with E-state index in [4.69, 9.17) is 0 Å². The Morgan fingerprint density at radius 2 is 1.94 bits per heavy atom. The average Bonchev–Trinajstić information content (AvgIpc) is 3.50. The average molecular weight is 419 g/mol. The minimum atomic E-state index is -0.0792. The molecular formula is C21H25N9O. The number of hydrogen-bond donors (Lipinski definition) is 3. The van der Waals surface area contributed by atoms with Crippen molar-refractivity contribution in [1.82, 2.24) is 40.0 Å². The van der Waals surface area contributed by atoms with Crippen LogP contribution in [0, 0.1) is 0 Å². The largest absolute Gasteiger partial charge is 0.351 e. The Morgan fingerprint density at radius 3 is 2.65 bits per heavy atom. The number of nitrogens with zero attached hydrogens (tertiary/aromatic N) is 6. The molecule has 0 atom stereocenters. The third-order valence-electron chi connectivity index (χ3n) is 5.12. The van der Waals surface area contributed by atoms with Crippen LogP contribution >= 0.6 is 0 Å². The minimum Gasteiger partial charge on any atom is -0.351 e. The van der Waals surface area contributed by atoms with E-state index in [-0.39, 0.29) is 5.91 Å². The van der Waals surface area contributed by atoms with Gasteiger partial charge in [-0.1, -0.05) is 13.8 Å². The van der Waals surface area contributed by atoms with Crippen molar-refractivity contribution in [3.05, 3.63) is 54.6 Å². The fraction of sp³-hybridized carbons (Fsp3) is 0.286. The van der Waals surface area contributed by atoms with Crippen LogP contribution in [0.15, 0.2) is 49.1 Å². The number of likely N-dealkylation sites (N-methyl/N-ethyl adjacent to an activating group) is 1. The number of anilines is 2. The minimum absolute atomic E-state index is 0.0792.